The fraction of sp³-hybridized carbons (Fsp3) is 0.263. The van der Waals surface area contributed by atoms with Gasteiger partial charge in [0, 0.05) is 11.1 Å². The number of hydrogen-bond acceptors (Lipinski definition) is 3. The summed E-state index contributed by atoms with van der Waals surface area (Å²) in [5.74, 6) is 1.33. The molecule has 0 radical (unpaired) electrons. The van der Waals surface area contributed by atoms with Crippen molar-refractivity contribution in [2.75, 3.05) is 7.05 Å². The first kappa shape index (κ1) is 15.4. The third kappa shape index (κ3) is 3.85. The number of hydrogen-bond donors (Lipinski definition) is 1. The summed E-state index contributed by atoms with van der Waals surface area (Å²) in [5.41, 5.74) is 4.97. The zero-order valence-corrected chi connectivity index (χ0v) is 13.8. The van der Waals surface area contributed by atoms with E-state index < -0.39 is 0 Å². The predicted octanol–water partition coefficient (Wildman–Crippen LogP) is 2.57. The van der Waals surface area contributed by atoms with Crippen LogP contribution in [0.4, 0.5) is 0 Å². The van der Waals surface area contributed by atoms with Gasteiger partial charge in [-0.3, -0.25) is 0 Å². The summed E-state index contributed by atoms with van der Waals surface area (Å²) in [6.07, 6.45) is 0. The van der Waals surface area contributed by atoms with E-state index in [-0.39, 0.29) is 0 Å². The van der Waals surface area contributed by atoms with Crippen LogP contribution in [-0.2, 0) is 13.1 Å². The van der Waals surface area contributed by atoms with Crippen molar-refractivity contribution < 1.29 is 9.42 Å². The summed E-state index contributed by atoms with van der Waals surface area (Å²) in [5, 5.41) is 4.08. The predicted molar refractivity (Wildman–Crippen MR) is 89.9 cm³/mol. The van der Waals surface area contributed by atoms with E-state index in [1.807, 2.05) is 30.3 Å². The van der Waals surface area contributed by atoms with Gasteiger partial charge in [0.25, 0.3) is 5.89 Å². The van der Waals surface area contributed by atoms with E-state index >= 15 is 0 Å². The Morgan fingerprint density at radius 3 is 2.52 bits per heavy atom. The minimum atomic E-state index is 0.653. The number of rotatable bonds is 5. The fourth-order valence-electron chi connectivity index (χ4n) is 2.72. The molecule has 118 valence electrons. The topological polar surface area (TPSA) is 43.4 Å². The van der Waals surface area contributed by atoms with Gasteiger partial charge in [-0.1, -0.05) is 59.3 Å². The Bertz CT molecular complexity index is 780. The van der Waals surface area contributed by atoms with Gasteiger partial charge in [-0.05, 0) is 19.4 Å². The molecule has 1 atom stereocenters. The molecule has 1 unspecified atom stereocenters. The zero-order chi connectivity index (χ0) is 16.2. The van der Waals surface area contributed by atoms with Crippen LogP contribution in [0.3, 0.4) is 0 Å². The molecule has 23 heavy (non-hydrogen) atoms. The molecule has 0 spiro atoms. The maximum absolute atomic E-state index is 5.39. The Balaban J connectivity index is 1.66. The van der Waals surface area contributed by atoms with Crippen molar-refractivity contribution in [3.63, 3.8) is 0 Å². The Hall–Kier alpha value is -2.46. The molecule has 0 fully saturated rings. The van der Waals surface area contributed by atoms with E-state index in [4.69, 9.17) is 4.52 Å². The second kappa shape index (κ2) is 6.75. The molecule has 3 aromatic rings. The van der Waals surface area contributed by atoms with Crippen LogP contribution < -0.4 is 4.90 Å². The molecule has 4 nitrogen and oxygen atoms in total. The summed E-state index contributed by atoms with van der Waals surface area (Å²) in [4.78, 5) is 5.82. The van der Waals surface area contributed by atoms with Gasteiger partial charge in [-0.15, -0.1) is 0 Å². The van der Waals surface area contributed by atoms with E-state index in [9.17, 15) is 0 Å². The van der Waals surface area contributed by atoms with Gasteiger partial charge >= 0.3 is 0 Å². The van der Waals surface area contributed by atoms with Crippen molar-refractivity contribution in [3.05, 3.63) is 71.1 Å². The van der Waals surface area contributed by atoms with Crippen LogP contribution in [0.5, 0.6) is 0 Å². The second-order valence-electron chi connectivity index (χ2n) is 6.12. The Labute approximate surface area is 136 Å². The van der Waals surface area contributed by atoms with Gasteiger partial charge in [0.1, 0.15) is 6.54 Å². The van der Waals surface area contributed by atoms with Gasteiger partial charge in [0.15, 0.2) is 6.54 Å². The molecule has 1 heterocycles. The minimum absolute atomic E-state index is 0.653. The molecule has 0 aliphatic rings. The molecule has 1 aromatic heterocycles. The van der Waals surface area contributed by atoms with Gasteiger partial charge in [0.2, 0.25) is 5.82 Å². The quantitative estimate of drug-likeness (QED) is 0.788. The van der Waals surface area contributed by atoms with Crippen LogP contribution in [0.2, 0.25) is 0 Å². The monoisotopic (exact) mass is 308 g/mol. The van der Waals surface area contributed by atoms with Crippen molar-refractivity contribution >= 4 is 0 Å². The lowest BCUT2D eigenvalue weighted by Crippen LogP contribution is -3.06. The number of nitrogens with zero attached hydrogens (tertiary/aromatic N) is 2. The molecule has 2 aromatic carbocycles. The van der Waals surface area contributed by atoms with Crippen LogP contribution >= 0.6 is 0 Å². The summed E-state index contributed by atoms with van der Waals surface area (Å²) >= 11 is 0. The van der Waals surface area contributed by atoms with E-state index in [0.29, 0.717) is 18.3 Å². The summed E-state index contributed by atoms with van der Waals surface area (Å²) < 4.78 is 5.39. The Morgan fingerprint density at radius 1 is 1.00 bits per heavy atom. The summed E-state index contributed by atoms with van der Waals surface area (Å²) in [7, 11) is 2.14. The lowest BCUT2D eigenvalue weighted by atomic mass is 10.1. The molecule has 0 saturated heterocycles. The lowest BCUT2D eigenvalue weighted by molar-refractivity contribution is -0.909. The summed E-state index contributed by atoms with van der Waals surface area (Å²) in [6, 6.07) is 16.5. The second-order valence-corrected chi connectivity index (χ2v) is 6.12. The molecule has 0 bridgehead atoms. The van der Waals surface area contributed by atoms with E-state index in [0.717, 1.165) is 12.1 Å². The number of aromatic nitrogens is 2. The van der Waals surface area contributed by atoms with Gasteiger partial charge in [0.05, 0.1) is 7.05 Å². The fourth-order valence-corrected chi connectivity index (χ4v) is 2.72. The van der Waals surface area contributed by atoms with Gasteiger partial charge in [-0.2, -0.15) is 4.98 Å². The van der Waals surface area contributed by atoms with E-state index in [1.54, 1.807) is 0 Å². The molecular weight excluding hydrogens is 286 g/mol. The first-order valence-electron chi connectivity index (χ1n) is 7.87. The van der Waals surface area contributed by atoms with Crippen molar-refractivity contribution in [1.82, 2.24) is 10.1 Å². The van der Waals surface area contributed by atoms with Crippen LogP contribution in [0.1, 0.15) is 22.6 Å². The van der Waals surface area contributed by atoms with Crippen LogP contribution in [0.25, 0.3) is 11.4 Å². The molecule has 0 amide bonds. The van der Waals surface area contributed by atoms with E-state index in [1.165, 1.54) is 21.6 Å². The van der Waals surface area contributed by atoms with Gasteiger partial charge < -0.3 is 9.42 Å². The highest BCUT2D eigenvalue weighted by Gasteiger charge is 2.14. The van der Waals surface area contributed by atoms with Crippen LogP contribution in [0, 0.1) is 13.8 Å². The SMILES string of the molecule is Cc1ccc(C[NH+](C)Cc2nc(-c3ccccc3)no2)c(C)c1. The standard InChI is InChI=1S/C19H21N3O/c1-14-9-10-17(15(2)11-14)12-22(3)13-18-20-19(21-23-18)16-7-5-4-6-8-16/h4-11H,12-13H2,1-3H3/p+1. The minimum Gasteiger partial charge on any atom is -0.333 e. The van der Waals surface area contributed by atoms with Crippen LogP contribution in [0.15, 0.2) is 53.1 Å². The first-order valence-corrected chi connectivity index (χ1v) is 7.87. The molecule has 4 heteroatoms. The number of benzene rings is 2. The number of nitrogens with one attached hydrogen (secondary N) is 1. The maximum atomic E-state index is 5.39. The van der Waals surface area contributed by atoms with Gasteiger partial charge in [-0.25, -0.2) is 0 Å². The number of aryl methyl sites for hydroxylation is 2. The lowest BCUT2D eigenvalue weighted by Gasteiger charge is -2.13. The highest BCUT2D eigenvalue weighted by Crippen LogP contribution is 2.14. The molecule has 1 N–H and O–H groups in total. The normalized spacial score (nSPS) is 12.3. The maximum Gasteiger partial charge on any atom is 0.282 e. The molecule has 0 aliphatic carbocycles. The molecule has 0 aliphatic heterocycles. The smallest absolute Gasteiger partial charge is 0.282 e. The van der Waals surface area contributed by atoms with Crippen molar-refractivity contribution in [1.29, 1.82) is 0 Å². The Morgan fingerprint density at radius 2 is 1.78 bits per heavy atom. The highest BCUT2D eigenvalue weighted by molar-refractivity contribution is 5.53. The third-order valence-electron chi connectivity index (χ3n) is 3.94. The number of quaternary nitrogens is 1. The molecular formula is C19H22N3O+. The molecule has 0 saturated carbocycles. The average molecular weight is 308 g/mol. The largest absolute Gasteiger partial charge is 0.333 e. The van der Waals surface area contributed by atoms with Crippen molar-refractivity contribution in [2.45, 2.75) is 26.9 Å². The Kier molecular flexibility index (Phi) is 4.53. The highest BCUT2D eigenvalue weighted by atomic mass is 16.5. The first-order chi connectivity index (χ1) is 11.1. The zero-order valence-electron chi connectivity index (χ0n) is 13.8. The third-order valence-corrected chi connectivity index (χ3v) is 3.94. The van der Waals surface area contributed by atoms with Crippen molar-refractivity contribution in [3.8, 4) is 11.4 Å². The average Bonchev–Trinajstić information content (AvgIpc) is 2.99. The molecule has 3 rings (SSSR count). The van der Waals surface area contributed by atoms with Crippen LogP contribution in [-0.4, -0.2) is 17.2 Å². The van der Waals surface area contributed by atoms with Crippen molar-refractivity contribution in [2.24, 2.45) is 0 Å². The van der Waals surface area contributed by atoms with E-state index in [2.05, 4.69) is 49.2 Å². The summed E-state index contributed by atoms with van der Waals surface area (Å²) in [6.45, 7) is 5.94.